The summed E-state index contributed by atoms with van der Waals surface area (Å²) in [6, 6.07) is 10.4. The van der Waals surface area contributed by atoms with Gasteiger partial charge in [-0.3, -0.25) is 4.79 Å². The standard InChI is InChI=1S/C24H31N3O4S/c28-23(15-10-18-8-13-21(14-9-18)32(29,30)27-20-11-12-20)26-24-22(7-4-16-25-24)31-17-19-5-2-1-3-6-19/h4,7-9,13-14,16,19-20,27H,1-3,5-6,10-12,15,17H2,(H,25,26,28). The fraction of sp³-hybridized carbons (Fsp3) is 0.500. The summed E-state index contributed by atoms with van der Waals surface area (Å²) in [6.07, 6.45) is 10.4. The molecule has 0 atom stereocenters. The molecule has 4 rings (SSSR count). The van der Waals surface area contributed by atoms with Crippen molar-refractivity contribution in [3.8, 4) is 5.75 Å². The molecular weight excluding hydrogens is 426 g/mol. The maximum Gasteiger partial charge on any atom is 0.240 e. The Balaban J connectivity index is 1.27. The number of carbonyl (C=O) groups excluding carboxylic acids is 1. The Morgan fingerprint density at radius 3 is 2.50 bits per heavy atom. The number of hydrogen-bond donors (Lipinski definition) is 2. The van der Waals surface area contributed by atoms with Gasteiger partial charge in [0.2, 0.25) is 15.9 Å². The third kappa shape index (κ3) is 6.53. The molecule has 1 aromatic heterocycles. The van der Waals surface area contributed by atoms with Gasteiger partial charge in [0.15, 0.2) is 11.6 Å². The first-order valence-corrected chi connectivity index (χ1v) is 13.0. The minimum absolute atomic E-state index is 0.0755. The number of aromatic nitrogens is 1. The normalized spacial score (nSPS) is 17.1. The van der Waals surface area contributed by atoms with Crippen molar-refractivity contribution in [3.63, 3.8) is 0 Å². The maximum atomic E-state index is 12.5. The second-order valence-electron chi connectivity index (χ2n) is 8.75. The first-order valence-electron chi connectivity index (χ1n) is 11.5. The number of hydrogen-bond acceptors (Lipinski definition) is 5. The predicted molar refractivity (Wildman–Crippen MR) is 123 cm³/mol. The van der Waals surface area contributed by atoms with Crippen LogP contribution >= 0.6 is 0 Å². The van der Waals surface area contributed by atoms with E-state index in [0.29, 0.717) is 30.5 Å². The minimum Gasteiger partial charge on any atom is -0.489 e. The molecule has 2 aliphatic carbocycles. The van der Waals surface area contributed by atoms with Crippen molar-refractivity contribution in [2.75, 3.05) is 11.9 Å². The lowest BCUT2D eigenvalue weighted by molar-refractivity contribution is -0.116. The van der Waals surface area contributed by atoms with E-state index in [4.69, 9.17) is 4.74 Å². The zero-order valence-corrected chi connectivity index (χ0v) is 19.1. The van der Waals surface area contributed by atoms with E-state index in [2.05, 4.69) is 15.0 Å². The molecule has 0 bridgehead atoms. The molecule has 1 aromatic carbocycles. The molecule has 2 saturated carbocycles. The highest BCUT2D eigenvalue weighted by Gasteiger charge is 2.27. The number of amides is 1. The summed E-state index contributed by atoms with van der Waals surface area (Å²) in [6.45, 7) is 0.652. The number of carbonyl (C=O) groups is 1. The first-order chi connectivity index (χ1) is 15.5. The Kier molecular flexibility index (Phi) is 7.42. The number of pyridine rings is 1. The van der Waals surface area contributed by atoms with Crippen LogP contribution in [0.5, 0.6) is 5.75 Å². The monoisotopic (exact) mass is 457 g/mol. The molecule has 0 aliphatic heterocycles. The van der Waals surface area contributed by atoms with Gasteiger partial charge >= 0.3 is 0 Å². The molecule has 2 fully saturated rings. The largest absolute Gasteiger partial charge is 0.489 e. The highest BCUT2D eigenvalue weighted by atomic mass is 32.2. The fourth-order valence-corrected chi connectivity index (χ4v) is 5.24. The number of nitrogens with zero attached hydrogens (tertiary/aromatic N) is 1. The number of rotatable bonds is 10. The van der Waals surface area contributed by atoms with Crippen LogP contribution in [0.15, 0.2) is 47.5 Å². The van der Waals surface area contributed by atoms with Crippen molar-refractivity contribution in [3.05, 3.63) is 48.2 Å². The van der Waals surface area contributed by atoms with E-state index in [1.54, 1.807) is 36.5 Å². The van der Waals surface area contributed by atoms with Crippen LogP contribution < -0.4 is 14.8 Å². The highest BCUT2D eigenvalue weighted by molar-refractivity contribution is 7.89. The van der Waals surface area contributed by atoms with Gasteiger partial charge in [0.25, 0.3) is 0 Å². The topological polar surface area (TPSA) is 97.4 Å². The van der Waals surface area contributed by atoms with Crippen molar-refractivity contribution in [1.29, 1.82) is 0 Å². The molecule has 172 valence electrons. The summed E-state index contributed by atoms with van der Waals surface area (Å²) < 4.78 is 33.2. The minimum atomic E-state index is -3.46. The van der Waals surface area contributed by atoms with Gasteiger partial charge in [-0.15, -0.1) is 0 Å². The highest BCUT2D eigenvalue weighted by Crippen LogP contribution is 2.27. The van der Waals surface area contributed by atoms with Gasteiger partial charge in [-0.1, -0.05) is 31.4 Å². The van der Waals surface area contributed by atoms with Crippen molar-refractivity contribution < 1.29 is 17.9 Å². The summed E-state index contributed by atoms with van der Waals surface area (Å²) in [7, 11) is -3.46. The summed E-state index contributed by atoms with van der Waals surface area (Å²) in [5.74, 6) is 1.46. The van der Waals surface area contributed by atoms with E-state index in [0.717, 1.165) is 18.4 Å². The third-order valence-electron chi connectivity index (χ3n) is 6.00. The second kappa shape index (κ2) is 10.4. The van der Waals surface area contributed by atoms with Crippen LogP contribution in [-0.2, 0) is 21.2 Å². The van der Waals surface area contributed by atoms with E-state index < -0.39 is 10.0 Å². The van der Waals surface area contributed by atoms with Crippen molar-refractivity contribution in [1.82, 2.24) is 9.71 Å². The van der Waals surface area contributed by atoms with Crippen molar-refractivity contribution >= 4 is 21.7 Å². The van der Waals surface area contributed by atoms with Gasteiger partial charge in [0, 0.05) is 18.7 Å². The zero-order chi connectivity index (χ0) is 22.4. The number of nitrogens with one attached hydrogen (secondary N) is 2. The summed E-state index contributed by atoms with van der Waals surface area (Å²) in [5.41, 5.74) is 0.903. The molecule has 32 heavy (non-hydrogen) atoms. The average molecular weight is 458 g/mol. The number of ether oxygens (including phenoxy) is 1. The summed E-state index contributed by atoms with van der Waals surface area (Å²) >= 11 is 0. The van der Waals surface area contributed by atoms with Crippen molar-refractivity contribution in [2.45, 2.75) is 68.7 Å². The van der Waals surface area contributed by atoms with Gasteiger partial charge < -0.3 is 10.1 Å². The van der Waals surface area contributed by atoms with Crippen LogP contribution in [0.3, 0.4) is 0 Å². The summed E-state index contributed by atoms with van der Waals surface area (Å²) in [5, 5.41) is 2.85. The molecule has 0 spiro atoms. The Morgan fingerprint density at radius 2 is 1.78 bits per heavy atom. The van der Waals surface area contributed by atoms with Crippen LogP contribution in [0.1, 0.15) is 56.9 Å². The lowest BCUT2D eigenvalue weighted by Crippen LogP contribution is -2.25. The smallest absolute Gasteiger partial charge is 0.240 e. The lowest BCUT2D eigenvalue weighted by Gasteiger charge is -2.22. The molecule has 2 N–H and O–H groups in total. The third-order valence-corrected chi connectivity index (χ3v) is 7.54. The van der Waals surface area contributed by atoms with Gasteiger partial charge in [-0.05, 0) is 67.9 Å². The molecule has 0 saturated heterocycles. The first kappa shape index (κ1) is 22.7. The molecule has 2 aliphatic rings. The van der Waals surface area contributed by atoms with E-state index in [1.165, 1.54) is 32.1 Å². The number of sulfonamides is 1. The fourth-order valence-electron chi connectivity index (χ4n) is 3.94. The van der Waals surface area contributed by atoms with E-state index in [-0.39, 0.29) is 23.3 Å². The van der Waals surface area contributed by atoms with Crippen LogP contribution in [0, 0.1) is 5.92 Å². The molecular formula is C24H31N3O4S. The quantitative estimate of drug-likeness (QED) is 0.561. The maximum absolute atomic E-state index is 12.5. The van der Waals surface area contributed by atoms with Gasteiger partial charge in [-0.2, -0.15) is 0 Å². The molecule has 1 amide bonds. The van der Waals surface area contributed by atoms with E-state index in [9.17, 15) is 13.2 Å². The molecule has 7 nitrogen and oxygen atoms in total. The Hall–Kier alpha value is -2.45. The Morgan fingerprint density at radius 1 is 1.03 bits per heavy atom. The van der Waals surface area contributed by atoms with E-state index >= 15 is 0 Å². The molecule has 0 radical (unpaired) electrons. The molecule has 1 heterocycles. The average Bonchev–Trinajstić information content (AvgIpc) is 3.61. The molecule has 0 unspecified atom stereocenters. The number of benzene rings is 1. The molecule has 2 aromatic rings. The molecule has 8 heteroatoms. The van der Waals surface area contributed by atoms with Gasteiger partial charge in [0.05, 0.1) is 11.5 Å². The number of aryl methyl sites for hydroxylation is 1. The SMILES string of the molecule is O=C(CCc1ccc(S(=O)(=O)NC2CC2)cc1)Nc1ncccc1OCC1CCCCC1. The van der Waals surface area contributed by atoms with Gasteiger partial charge in [0.1, 0.15) is 0 Å². The summed E-state index contributed by atoms with van der Waals surface area (Å²) in [4.78, 5) is 17.0. The lowest BCUT2D eigenvalue weighted by atomic mass is 9.90. The number of anilines is 1. The van der Waals surface area contributed by atoms with Crippen LogP contribution in [-0.4, -0.2) is 32.0 Å². The van der Waals surface area contributed by atoms with Crippen LogP contribution in [0.4, 0.5) is 5.82 Å². The Bertz CT molecular complexity index is 1010. The Labute approximate surface area is 190 Å². The van der Waals surface area contributed by atoms with Crippen molar-refractivity contribution in [2.24, 2.45) is 5.92 Å². The van der Waals surface area contributed by atoms with Crippen LogP contribution in [0.25, 0.3) is 0 Å². The van der Waals surface area contributed by atoms with Gasteiger partial charge in [-0.25, -0.2) is 18.1 Å². The predicted octanol–water partition coefficient (Wildman–Crippen LogP) is 4.05. The zero-order valence-electron chi connectivity index (χ0n) is 18.3. The second-order valence-corrected chi connectivity index (χ2v) is 10.5. The van der Waals surface area contributed by atoms with Crippen LogP contribution in [0.2, 0.25) is 0 Å². The van der Waals surface area contributed by atoms with E-state index in [1.807, 2.05) is 6.07 Å².